The van der Waals surface area contributed by atoms with Crippen molar-refractivity contribution >= 4 is 27.5 Å². The summed E-state index contributed by atoms with van der Waals surface area (Å²) >= 11 is 0. The van der Waals surface area contributed by atoms with Crippen LogP contribution in [0.1, 0.15) is 31.4 Å². The normalized spacial score (nSPS) is 11.9. The van der Waals surface area contributed by atoms with Gasteiger partial charge in [0.2, 0.25) is 21.8 Å². The molecule has 3 aromatic carbocycles. The molecule has 0 bridgehead atoms. The van der Waals surface area contributed by atoms with E-state index in [2.05, 4.69) is 5.32 Å². The summed E-state index contributed by atoms with van der Waals surface area (Å²) in [7, 11) is -3.80. The summed E-state index contributed by atoms with van der Waals surface area (Å²) in [5.74, 6) is -0.200. The van der Waals surface area contributed by atoms with Gasteiger partial charge < -0.3 is 15.0 Å². The van der Waals surface area contributed by atoms with Gasteiger partial charge in [-0.1, -0.05) is 67.6 Å². The lowest BCUT2D eigenvalue weighted by Crippen LogP contribution is -2.51. The fourth-order valence-corrected chi connectivity index (χ4v) is 4.67. The lowest BCUT2D eigenvalue weighted by Gasteiger charge is -2.31. The van der Waals surface area contributed by atoms with Crippen molar-refractivity contribution in [2.24, 2.45) is 0 Å². The fraction of sp³-hybridized carbons (Fsp3) is 0.310. The smallest absolute Gasteiger partial charge is 0.244 e. The van der Waals surface area contributed by atoms with E-state index in [9.17, 15) is 18.0 Å². The standard InChI is InChI=1S/C29H35N3O5S/c1-4-19-30-29(34)23(2)31(20-24-11-7-5-8-12-24)28(33)21-32(38(3,35)36)26-15-17-27(18-16-26)37-22-25-13-9-6-10-14-25/h5-18,23H,4,19-22H2,1-3H3,(H,30,34)/t23-/m1/s1. The maximum absolute atomic E-state index is 13.5. The van der Waals surface area contributed by atoms with E-state index >= 15 is 0 Å². The topological polar surface area (TPSA) is 96.0 Å². The lowest BCUT2D eigenvalue weighted by molar-refractivity contribution is -0.139. The zero-order chi connectivity index (χ0) is 27.5. The van der Waals surface area contributed by atoms with E-state index in [1.54, 1.807) is 31.2 Å². The molecule has 9 heteroatoms. The molecule has 8 nitrogen and oxygen atoms in total. The minimum absolute atomic E-state index is 0.171. The Morgan fingerprint density at radius 3 is 2.03 bits per heavy atom. The second-order valence-corrected chi connectivity index (χ2v) is 10.9. The molecule has 0 spiro atoms. The molecule has 202 valence electrons. The van der Waals surface area contributed by atoms with Crippen molar-refractivity contribution in [3.63, 3.8) is 0 Å². The molecule has 2 amide bonds. The first-order valence-corrected chi connectivity index (χ1v) is 14.4. The van der Waals surface area contributed by atoms with Crippen LogP contribution in [0.3, 0.4) is 0 Å². The molecule has 0 aliphatic rings. The number of amides is 2. The Balaban J connectivity index is 1.79. The Morgan fingerprint density at radius 2 is 1.47 bits per heavy atom. The highest BCUT2D eigenvalue weighted by molar-refractivity contribution is 7.92. The highest BCUT2D eigenvalue weighted by atomic mass is 32.2. The van der Waals surface area contributed by atoms with Crippen LogP contribution in [0.25, 0.3) is 0 Å². The van der Waals surface area contributed by atoms with E-state index in [4.69, 9.17) is 4.74 Å². The van der Waals surface area contributed by atoms with E-state index in [0.29, 0.717) is 24.6 Å². The summed E-state index contributed by atoms with van der Waals surface area (Å²) in [6.45, 7) is 4.19. The van der Waals surface area contributed by atoms with Crippen molar-refractivity contribution in [2.45, 2.75) is 39.5 Å². The second-order valence-electron chi connectivity index (χ2n) is 9.01. The van der Waals surface area contributed by atoms with Crippen LogP contribution in [0.2, 0.25) is 0 Å². The average Bonchev–Trinajstić information content (AvgIpc) is 2.92. The first-order chi connectivity index (χ1) is 18.2. The molecule has 0 aliphatic carbocycles. The van der Waals surface area contributed by atoms with Gasteiger partial charge in [-0.15, -0.1) is 0 Å². The van der Waals surface area contributed by atoms with E-state index in [1.807, 2.05) is 67.6 Å². The van der Waals surface area contributed by atoms with Gasteiger partial charge in [0.15, 0.2) is 0 Å². The lowest BCUT2D eigenvalue weighted by atomic mass is 10.1. The molecule has 3 aromatic rings. The summed E-state index contributed by atoms with van der Waals surface area (Å²) in [5.41, 5.74) is 2.17. The number of benzene rings is 3. The van der Waals surface area contributed by atoms with Crippen molar-refractivity contribution in [1.29, 1.82) is 0 Å². The van der Waals surface area contributed by atoms with Gasteiger partial charge >= 0.3 is 0 Å². The van der Waals surface area contributed by atoms with Crippen molar-refractivity contribution in [2.75, 3.05) is 23.7 Å². The predicted octanol–water partition coefficient (Wildman–Crippen LogP) is 3.98. The van der Waals surface area contributed by atoms with E-state index in [-0.39, 0.29) is 12.5 Å². The van der Waals surface area contributed by atoms with Crippen LogP contribution >= 0.6 is 0 Å². The van der Waals surface area contributed by atoms with Crippen LogP contribution in [0.4, 0.5) is 5.69 Å². The minimum atomic E-state index is -3.80. The molecule has 0 fully saturated rings. The van der Waals surface area contributed by atoms with Crippen LogP contribution in [-0.4, -0.2) is 50.5 Å². The number of hydrogen-bond donors (Lipinski definition) is 1. The van der Waals surface area contributed by atoms with E-state index in [0.717, 1.165) is 28.1 Å². The number of carbonyl (C=O) groups excluding carboxylic acids is 2. The number of nitrogens with zero attached hydrogens (tertiary/aromatic N) is 2. The van der Waals surface area contributed by atoms with Gasteiger partial charge in [0.1, 0.15) is 24.9 Å². The second kappa shape index (κ2) is 13.6. The molecular formula is C29H35N3O5S. The SMILES string of the molecule is CCCNC(=O)[C@@H](C)N(Cc1ccccc1)C(=O)CN(c1ccc(OCc2ccccc2)cc1)S(C)(=O)=O. The van der Waals surface area contributed by atoms with Crippen LogP contribution in [0.15, 0.2) is 84.9 Å². The molecule has 1 N–H and O–H groups in total. The molecule has 1 atom stereocenters. The van der Waals surface area contributed by atoms with Crippen LogP contribution in [-0.2, 0) is 32.8 Å². The molecule has 0 radical (unpaired) electrons. The van der Waals surface area contributed by atoms with Crippen LogP contribution < -0.4 is 14.4 Å². The first-order valence-electron chi connectivity index (χ1n) is 12.5. The molecule has 0 saturated carbocycles. The summed E-state index contributed by atoms with van der Waals surface area (Å²) < 4.78 is 32.3. The highest BCUT2D eigenvalue weighted by Crippen LogP contribution is 2.23. The molecule has 3 rings (SSSR count). The maximum Gasteiger partial charge on any atom is 0.244 e. The summed E-state index contributed by atoms with van der Waals surface area (Å²) in [4.78, 5) is 27.7. The molecule has 0 unspecified atom stereocenters. The Labute approximate surface area is 225 Å². The Morgan fingerprint density at radius 1 is 0.895 bits per heavy atom. The quantitative estimate of drug-likeness (QED) is 0.356. The number of anilines is 1. The van der Waals surface area contributed by atoms with Gasteiger partial charge in [-0.25, -0.2) is 8.42 Å². The van der Waals surface area contributed by atoms with Crippen molar-refractivity contribution in [3.8, 4) is 5.75 Å². The fourth-order valence-electron chi connectivity index (χ4n) is 3.82. The Hall–Kier alpha value is -3.85. The van der Waals surface area contributed by atoms with Gasteiger partial charge in [-0.05, 0) is 48.7 Å². The number of nitrogens with one attached hydrogen (secondary N) is 1. The van der Waals surface area contributed by atoms with Crippen LogP contribution in [0.5, 0.6) is 5.75 Å². The van der Waals surface area contributed by atoms with Gasteiger partial charge in [-0.3, -0.25) is 13.9 Å². The zero-order valence-electron chi connectivity index (χ0n) is 22.0. The van der Waals surface area contributed by atoms with Crippen molar-refractivity contribution in [3.05, 3.63) is 96.1 Å². The number of carbonyl (C=O) groups is 2. The molecule has 0 saturated heterocycles. The summed E-state index contributed by atoms with van der Waals surface area (Å²) in [6.07, 6.45) is 1.82. The number of hydrogen-bond acceptors (Lipinski definition) is 5. The number of sulfonamides is 1. The summed E-state index contributed by atoms with van der Waals surface area (Å²) in [6, 6.07) is 24.7. The van der Waals surface area contributed by atoms with Gasteiger partial charge in [0.05, 0.1) is 11.9 Å². The molecule has 0 heterocycles. The third kappa shape index (κ3) is 8.34. The van der Waals surface area contributed by atoms with Crippen LogP contribution in [0, 0.1) is 0 Å². The van der Waals surface area contributed by atoms with Gasteiger partial charge in [0.25, 0.3) is 0 Å². The number of ether oxygens (including phenoxy) is 1. The van der Waals surface area contributed by atoms with E-state index < -0.39 is 28.5 Å². The summed E-state index contributed by atoms with van der Waals surface area (Å²) in [5, 5.41) is 2.82. The van der Waals surface area contributed by atoms with E-state index in [1.165, 1.54) is 4.90 Å². The zero-order valence-corrected chi connectivity index (χ0v) is 22.9. The average molecular weight is 538 g/mol. The third-order valence-corrected chi connectivity index (χ3v) is 7.11. The molecule has 0 aromatic heterocycles. The molecular weight excluding hydrogens is 502 g/mol. The monoisotopic (exact) mass is 537 g/mol. The highest BCUT2D eigenvalue weighted by Gasteiger charge is 2.30. The molecule has 0 aliphatic heterocycles. The Kier molecular flexibility index (Phi) is 10.3. The Bertz CT molecular complexity index is 1280. The molecule has 38 heavy (non-hydrogen) atoms. The predicted molar refractivity (Wildman–Crippen MR) is 149 cm³/mol. The number of rotatable bonds is 13. The van der Waals surface area contributed by atoms with Crippen molar-refractivity contribution < 1.29 is 22.7 Å². The minimum Gasteiger partial charge on any atom is -0.489 e. The first kappa shape index (κ1) is 28.7. The van der Waals surface area contributed by atoms with Crippen molar-refractivity contribution in [1.82, 2.24) is 10.2 Å². The van der Waals surface area contributed by atoms with Gasteiger partial charge in [-0.2, -0.15) is 0 Å². The largest absolute Gasteiger partial charge is 0.489 e. The van der Waals surface area contributed by atoms with Gasteiger partial charge in [0, 0.05) is 13.1 Å². The third-order valence-electron chi connectivity index (χ3n) is 5.96. The maximum atomic E-state index is 13.5.